The number of nitrogens with two attached hydrogens (primary N) is 1. The Kier molecular flexibility index (Phi) is 7.38. The van der Waals surface area contributed by atoms with Crippen LogP contribution in [0.2, 0.25) is 0 Å². The zero-order valence-electron chi connectivity index (χ0n) is 19.0. The van der Waals surface area contributed by atoms with Crippen LogP contribution in [0.3, 0.4) is 0 Å². The Balaban J connectivity index is 1.87. The lowest BCUT2D eigenvalue weighted by Gasteiger charge is -2.33. The number of benzene rings is 1. The minimum atomic E-state index is -4.08. The molecule has 3 rings (SSSR count). The van der Waals surface area contributed by atoms with Gasteiger partial charge in [-0.15, -0.1) is 0 Å². The van der Waals surface area contributed by atoms with E-state index in [1.54, 1.807) is 24.8 Å². The summed E-state index contributed by atoms with van der Waals surface area (Å²) in [7, 11) is -4.08. The van der Waals surface area contributed by atoms with E-state index in [9.17, 15) is 23.3 Å². The number of anilines is 1. The van der Waals surface area contributed by atoms with E-state index in [1.807, 2.05) is 0 Å². The number of carbonyl (C=O) groups excluding carboxylic acids is 1. The van der Waals surface area contributed by atoms with Crippen LogP contribution in [-0.2, 0) is 21.4 Å². The summed E-state index contributed by atoms with van der Waals surface area (Å²) in [5.41, 5.74) is 7.57. The molecule has 11 nitrogen and oxygen atoms in total. The molecule has 180 valence electrons. The van der Waals surface area contributed by atoms with Gasteiger partial charge in [0.2, 0.25) is 15.9 Å². The van der Waals surface area contributed by atoms with Crippen molar-refractivity contribution in [2.24, 2.45) is 5.92 Å². The maximum Gasteiger partial charge on any atom is 0.434 e. The molecule has 0 radical (unpaired) electrons. The number of nitrogens with zero attached hydrogens (tertiary/aromatic N) is 4. The number of imidazole rings is 1. The number of nitrogens with one attached hydrogen (secondary N) is 1. The van der Waals surface area contributed by atoms with Crippen LogP contribution in [0.1, 0.15) is 37.3 Å². The summed E-state index contributed by atoms with van der Waals surface area (Å²) in [4.78, 5) is 29.2. The lowest BCUT2D eigenvalue weighted by Crippen LogP contribution is -2.51. The van der Waals surface area contributed by atoms with Crippen LogP contribution < -0.4 is 10.5 Å². The molecule has 1 aromatic carbocycles. The van der Waals surface area contributed by atoms with Crippen molar-refractivity contribution in [3.8, 4) is 0 Å². The highest BCUT2D eigenvalue weighted by Gasteiger charge is 2.32. The van der Waals surface area contributed by atoms with Crippen LogP contribution in [0.5, 0.6) is 0 Å². The molecule has 0 spiro atoms. The van der Waals surface area contributed by atoms with Crippen LogP contribution in [0.25, 0.3) is 0 Å². The first-order valence-corrected chi connectivity index (χ1v) is 12.3. The average Bonchev–Trinajstić information content (AvgIpc) is 3.24. The standard InChI is InChI=1S/C21H30N6O5S/c1-14-6-10-25(11-7-14)20(28)17(8-12-26-13-9-23-21(26)27(29)30)24-33(31,32)18-5-4-15(2)19(22)16(18)3/h4-5,9,13-14,17,24H,6-8,10-12,22H2,1-3H3. The first-order valence-electron chi connectivity index (χ1n) is 10.8. The SMILES string of the molecule is Cc1ccc(S(=O)(=O)NC(CCn2ccnc2[N+](=O)[O-])C(=O)N2CCC(C)CC2)c(C)c1N. The van der Waals surface area contributed by atoms with E-state index < -0.39 is 21.0 Å². The highest BCUT2D eigenvalue weighted by Crippen LogP contribution is 2.25. The number of likely N-dealkylation sites (tertiary alicyclic amines) is 1. The van der Waals surface area contributed by atoms with Gasteiger partial charge in [-0.1, -0.05) is 18.0 Å². The largest absolute Gasteiger partial charge is 0.434 e. The Hall–Kier alpha value is -2.99. The van der Waals surface area contributed by atoms with Gasteiger partial charge in [0.15, 0.2) is 0 Å². The molecule has 0 bridgehead atoms. The molecule has 1 aliphatic rings. The number of carbonyl (C=O) groups is 1. The maximum atomic E-state index is 13.3. The van der Waals surface area contributed by atoms with Crippen molar-refractivity contribution in [2.45, 2.75) is 57.5 Å². The van der Waals surface area contributed by atoms with Gasteiger partial charge in [-0.05, 0) is 54.7 Å². The average molecular weight is 479 g/mol. The first-order chi connectivity index (χ1) is 15.5. The fraction of sp³-hybridized carbons (Fsp3) is 0.524. The number of nitro groups is 1. The van der Waals surface area contributed by atoms with Crippen LogP contribution >= 0.6 is 0 Å². The normalized spacial score (nSPS) is 16.0. The van der Waals surface area contributed by atoms with E-state index in [0.29, 0.717) is 30.3 Å². The van der Waals surface area contributed by atoms with Gasteiger partial charge in [-0.2, -0.15) is 4.72 Å². The molecular weight excluding hydrogens is 448 g/mol. The molecular formula is C21H30N6O5S. The second-order valence-corrected chi connectivity index (χ2v) is 10.2. The summed E-state index contributed by atoms with van der Waals surface area (Å²) < 4.78 is 30.3. The molecule has 0 saturated carbocycles. The molecule has 12 heteroatoms. The van der Waals surface area contributed by atoms with Crippen molar-refractivity contribution in [2.75, 3.05) is 18.8 Å². The minimum absolute atomic E-state index is 0.00396. The Bertz CT molecular complexity index is 1140. The number of piperidine rings is 1. The number of hydrogen-bond donors (Lipinski definition) is 2. The van der Waals surface area contributed by atoms with Crippen molar-refractivity contribution >= 4 is 27.6 Å². The second-order valence-electron chi connectivity index (χ2n) is 8.57. The lowest BCUT2D eigenvalue weighted by atomic mass is 9.98. The number of nitrogen functional groups attached to an aromatic ring is 1. The Morgan fingerprint density at radius 3 is 2.64 bits per heavy atom. The summed E-state index contributed by atoms with van der Waals surface area (Å²) in [6, 6.07) is 2.00. The Morgan fingerprint density at radius 2 is 2.00 bits per heavy atom. The van der Waals surface area contributed by atoms with Gasteiger partial charge in [-0.3, -0.25) is 4.79 Å². The van der Waals surface area contributed by atoms with Gasteiger partial charge in [0.25, 0.3) is 0 Å². The van der Waals surface area contributed by atoms with E-state index in [4.69, 9.17) is 5.73 Å². The Morgan fingerprint density at radius 1 is 1.33 bits per heavy atom. The van der Waals surface area contributed by atoms with Crippen molar-refractivity contribution < 1.29 is 18.1 Å². The lowest BCUT2D eigenvalue weighted by molar-refractivity contribution is -0.396. The fourth-order valence-electron chi connectivity index (χ4n) is 3.98. The molecule has 0 aliphatic carbocycles. The molecule has 3 N–H and O–H groups in total. The van der Waals surface area contributed by atoms with Gasteiger partial charge >= 0.3 is 5.95 Å². The van der Waals surface area contributed by atoms with E-state index in [0.717, 1.165) is 18.4 Å². The van der Waals surface area contributed by atoms with Crippen LogP contribution in [0.15, 0.2) is 29.4 Å². The molecule has 2 heterocycles. The molecule has 1 saturated heterocycles. The zero-order chi connectivity index (χ0) is 24.3. The van der Waals surface area contributed by atoms with E-state index in [-0.39, 0.29) is 29.7 Å². The number of sulfonamides is 1. The highest BCUT2D eigenvalue weighted by molar-refractivity contribution is 7.89. The molecule has 33 heavy (non-hydrogen) atoms. The van der Waals surface area contributed by atoms with Gasteiger partial charge in [0.05, 0.1) is 11.4 Å². The summed E-state index contributed by atoms with van der Waals surface area (Å²) >= 11 is 0. The van der Waals surface area contributed by atoms with Crippen molar-refractivity contribution in [3.63, 3.8) is 0 Å². The fourth-order valence-corrected chi connectivity index (χ4v) is 5.46. The van der Waals surface area contributed by atoms with Gasteiger partial charge in [0, 0.05) is 25.2 Å². The van der Waals surface area contributed by atoms with Crippen LogP contribution in [-0.4, -0.2) is 52.8 Å². The monoisotopic (exact) mass is 478 g/mol. The summed E-state index contributed by atoms with van der Waals surface area (Å²) in [6.45, 7) is 6.65. The van der Waals surface area contributed by atoms with Crippen molar-refractivity contribution in [3.05, 3.63) is 45.8 Å². The summed E-state index contributed by atoms with van der Waals surface area (Å²) in [5.74, 6) is -0.208. The third-order valence-corrected chi connectivity index (χ3v) is 7.80. The van der Waals surface area contributed by atoms with E-state index >= 15 is 0 Å². The van der Waals surface area contributed by atoms with Crippen molar-refractivity contribution in [1.82, 2.24) is 19.2 Å². The van der Waals surface area contributed by atoms with Gasteiger partial charge < -0.3 is 20.7 Å². The predicted molar refractivity (Wildman–Crippen MR) is 123 cm³/mol. The number of rotatable bonds is 8. The molecule has 1 unspecified atom stereocenters. The predicted octanol–water partition coefficient (Wildman–Crippen LogP) is 1.99. The highest BCUT2D eigenvalue weighted by atomic mass is 32.2. The maximum absolute atomic E-state index is 13.3. The quantitative estimate of drug-likeness (QED) is 0.334. The van der Waals surface area contributed by atoms with E-state index in [1.165, 1.54) is 23.0 Å². The summed E-state index contributed by atoms with van der Waals surface area (Å²) in [5, 5.41) is 11.2. The number of aromatic nitrogens is 2. The number of aryl methyl sites for hydroxylation is 2. The third-order valence-electron chi connectivity index (χ3n) is 6.18. The molecule has 1 fully saturated rings. The smallest absolute Gasteiger partial charge is 0.398 e. The van der Waals surface area contributed by atoms with E-state index in [2.05, 4.69) is 16.6 Å². The van der Waals surface area contributed by atoms with Gasteiger partial charge in [0.1, 0.15) is 18.4 Å². The molecule has 1 amide bonds. The molecule has 1 aromatic heterocycles. The Labute approximate surface area is 193 Å². The summed E-state index contributed by atoms with van der Waals surface area (Å²) in [6.07, 6.45) is 4.43. The number of hydrogen-bond acceptors (Lipinski definition) is 7. The van der Waals surface area contributed by atoms with Crippen LogP contribution in [0.4, 0.5) is 11.6 Å². The molecule has 1 aliphatic heterocycles. The third kappa shape index (κ3) is 5.50. The second kappa shape index (κ2) is 9.87. The van der Waals surface area contributed by atoms with Gasteiger partial charge in [-0.25, -0.2) is 13.0 Å². The molecule has 1 atom stereocenters. The van der Waals surface area contributed by atoms with Crippen molar-refractivity contribution in [1.29, 1.82) is 0 Å². The van der Waals surface area contributed by atoms with Crippen LogP contribution in [0, 0.1) is 29.9 Å². The number of amides is 1. The first kappa shape index (κ1) is 24.6. The zero-order valence-corrected chi connectivity index (χ0v) is 19.8. The topological polar surface area (TPSA) is 153 Å². The minimum Gasteiger partial charge on any atom is -0.398 e. The molecule has 2 aromatic rings.